The minimum atomic E-state index is -0.265. The summed E-state index contributed by atoms with van der Waals surface area (Å²) in [6.45, 7) is 9.67. The van der Waals surface area contributed by atoms with Crippen molar-refractivity contribution >= 4 is 29.9 Å². The Morgan fingerprint density at radius 3 is 2.48 bits per heavy atom. The number of nitrogens with zero attached hydrogens (tertiary/aromatic N) is 2. The zero-order valence-electron chi connectivity index (χ0n) is 18.8. The summed E-state index contributed by atoms with van der Waals surface area (Å²) in [6.07, 6.45) is 2.43. The number of hydrogen-bond donors (Lipinski definition) is 2. The minimum Gasteiger partial charge on any atom is -0.497 e. The Labute approximate surface area is 193 Å². The second-order valence-electron chi connectivity index (χ2n) is 8.14. The molecule has 0 aromatic heterocycles. The predicted octanol–water partition coefficient (Wildman–Crippen LogP) is 3.68. The van der Waals surface area contributed by atoms with Gasteiger partial charge in [0.05, 0.1) is 19.3 Å². The van der Waals surface area contributed by atoms with Crippen molar-refractivity contribution in [2.24, 2.45) is 10.9 Å². The molecule has 2 rings (SSSR count). The first-order valence-corrected chi connectivity index (χ1v) is 10.3. The zero-order chi connectivity index (χ0) is 20.6. The number of likely N-dealkylation sites (tertiary alicyclic amines) is 1. The summed E-state index contributed by atoms with van der Waals surface area (Å²) >= 11 is 0. The van der Waals surface area contributed by atoms with Crippen LogP contribution < -0.4 is 15.4 Å². The number of hydrogen-bond acceptors (Lipinski definition) is 4. The van der Waals surface area contributed by atoms with Gasteiger partial charge in [-0.3, -0.25) is 9.89 Å². The third-order valence-corrected chi connectivity index (χ3v) is 5.51. The Hall–Kier alpha value is -1.06. The fourth-order valence-corrected chi connectivity index (χ4v) is 3.70. The van der Waals surface area contributed by atoms with E-state index in [-0.39, 0.29) is 29.6 Å². The smallest absolute Gasteiger partial charge is 0.191 e. The van der Waals surface area contributed by atoms with Crippen molar-refractivity contribution in [2.45, 2.75) is 45.3 Å². The molecule has 29 heavy (non-hydrogen) atoms. The van der Waals surface area contributed by atoms with Crippen molar-refractivity contribution in [3.05, 3.63) is 29.8 Å². The maximum atomic E-state index is 5.49. The molecule has 2 atom stereocenters. The Bertz CT molecular complexity index is 622. The molecule has 1 aliphatic heterocycles. The van der Waals surface area contributed by atoms with E-state index in [1.54, 1.807) is 14.2 Å². The normalized spacial score (nSPS) is 20.7. The van der Waals surface area contributed by atoms with E-state index in [4.69, 9.17) is 14.5 Å². The lowest BCUT2D eigenvalue weighted by atomic mass is 9.85. The highest BCUT2D eigenvalue weighted by Gasteiger charge is 2.30. The van der Waals surface area contributed by atoms with E-state index in [0.717, 1.165) is 31.3 Å². The topological polar surface area (TPSA) is 58.1 Å². The molecule has 166 valence electrons. The average Bonchev–Trinajstić information content (AvgIpc) is 2.70. The second kappa shape index (κ2) is 12.6. The van der Waals surface area contributed by atoms with Crippen LogP contribution in [0.3, 0.4) is 0 Å². The molecular weight excluding hydrogens is 479 g/mol. The van der Waals surface area contributed by atoms with Gasteiger partial charge < -0.3 is 20.1 Å². The molecule has 2 unspecified atom stereocenters. The van der Waals surface area contributed by atoms with Gasteiger partial charge in [0, 0.05) is 26.2 Å². The van der Waals surface area contributed by atoms with Gasteiger partial charge in [-0.25, -0.2) is 0 Å². The summed E-state index contributed by atoms with van der Waals surface area (Å²) in [6, 6.07) is 8.89. The largest absolute Gasteiger partial charge is 0.497 e. The predicted molar refractivity (Wildman–Crippen MR) is 132 cm³/mol. The third-order valence-electron chi connectivity index (χ3n) is 5.51. The number of rotatable bonds is 8. The van der Waals surface area contributed by atoms with Crippen molar-refractivity contribution < 1.29 is 9.47 Å². The number of aliphatic imine (C=N–C) groups is 1. The Balaban J connectivity index is 0.00000420. The molecule has 6 nitrogen and oxygen atoms in total. The van der Waals surface area contributed by atoms with Crippen LogP contribution in [0.2, 0.25) is 0 Å². The van der Waals surface area contributed by atoms with Crippen LogP contribution in [0.4, 0.5) is 0 Å². The quantitative estimate of drug-likeness (QED) is 0.313. The fraction of sp³-hybridized carbons (Fsp3) is 0.682. The van der Waals surface area contributed by atoms with Crippen molar-refractivity contribution in [3.8, 4) is 5.75 Å². The Morgan fingerprint density at radius 2 is 1.90 bits per heavy atom. The SMILES string of the molecule is CCNC(=NCC(C)(C)OC)NCC1CCCN(C)C1c1ccc(OC)cc1.I. The van der Waals surface area contributed by atoms with Crippen LogP contribution in [0.5, 0.6) is 5.75 Å². The van der Waals surface area contributed by atoms with E-state index in [1.807, 2.05) is 0 Å². The van der Waals surface area contributed by atoms with Crippen molar-refractivity contribution in [3.63, 3.8) is 0 Å². The van der Waals surface area contributed by atoms with Crippen molar-refractivity contribution in [1.29, 1.82) is 0 Å². The number of benzene rings is 1. The maximum absolute atomic E-state index is 5.49. The summed E-state index contributed by atoms with van der Waals surface area (Å²) < 4.78 is 10.8. The maximum Gasteiger partial charge on any atom is 0.191 e. The minimum absolute atomic E-state index is 0. The van der Waals surface area contributed by atoms with Gasteiger partial charge in [-0.05, 0) is 70.8 Å². The fourth-order valence-electron chi connectivity index (χ4n) is 3.70. The van der Waals surface area contributed by atoms with Crippen molar-refractivity contribution in [2.75, 3.05) is 47.4 Å². The van der Waals surface area contributed by atoms with Crippen LogP contribution in [-0.4, -0.2) is 63.9 Å². The van der Waals surface area contributed by atoms with Crippen LogP contribution >= 0.6 is 24.0 Å². The average molecular weight is 518 g/mol. The van der Waals surface area contributed by atoms with E-state index in [1.165, 1.54) is 18.4 Å². The molecule has 0 spiro atoms. The van der Waals surface area contributed by atoms with Crippen LogP contribution in [0.1, 0.15) is 45.2 Å². The molecule has 0 bridgehead atoms. The number of piperidine rings is 1. The van der Waals surface area contributed by atoms with E-state index in [2.05, 4.69) is 67.6 Å². The van der Waals surface area contributed by atoms with Gasteiger partial charge in [-0.1, -0.05) is 12.1 Å². The first kappa shape index (κ1) is 26.0. The molecule has 0 radical (unpaired) electrons. The van der Waals surface area contributed by atoms with Gasteiger partial charge >= 0.3 is 0 Å². The highest BCUT2D eigenvalue weighted by molar-refractivity contribution is 14.0. The van der Waals surface area contributed by atoms with Crippen LogP contribution in [0, 0.1) is 5.92 Å². The molecule has 1 aliphatic rings. The van der Waals surface area contributed by atoms with Gasteiger partial charge in [-0.15, -0.1) is 24.0 Å². The summed E-state index contributed by atoms with van der Waals surface area (Å²) in [5, 5.41) is 6.91. The molecule has 1 aromatic rings. The van der Waals surface area contributed by atoms with Gasteiger partial charge in [0.1, 0.15) is 5.75 Å². The van der Waals surface area contributed by atoms with Crippen molar-refractivity contribution in [1.82, 2.24) is 15.5 Å². The van der Waals surface area contributed by atoms with E-state index >= 15 is 0 Å². The number of methoxy groups -OCH3 is 2. The summed E-state index contributed by atoms with van der Waals surface area (Å²) in [5.41, 5.74) is 1.08. The number of nitrogens with one attached hydrogen (secondary N) is 2. The lowest BCUT2D eigenvalue weighted by Gasteiger charge is -2.40. The van der Waals surface area contributed by atoms with Gasteiger partial charge in [0.25, 0.3) is 0 Å². The lowest BCUT2D eigenvalue weighted by Crippen LogP contribution is -2.45. The Kier molecular flexibility index (Phi) is 11.3. The van der Waals surface area contributed by atoms with Crippen LogP contribution in [0.15, 0.2) is 29.3 Å². The van der Waals surface area contributed by atoms with Crippen LogP contribution in [-0.2, 0) is 4.74 Å². The first-order valence-electron chi connectivity index (χ1n) is 10.3. The van der Waals surface area contributed by atoms with Gasteiger partial charge in [0.15, 0.2) is 5.96 Å². The van der Waals surface area contributed by atoms with Crippen LogP contribution in [0.25, 0.3) is 0 Å². The summed E-state index contributed by atoms with van der Waals surface area (Å²) in [5.74, 6) is 2.28. The monoisotopic (exact) mass is 518 g/mol. The lowest BCUT2D eigenvalue weighted by molar-refractivity contribution is 0.0310. The molecule has 0 aliphatic carbocycles. The molecule has 1 saturated heterocycles. The molecule has 1 aromatic carbocycles. The molecule has 0 amide bonds. The highest BCUT2D eigenvalue weighted by Crippen LogP contribution is 2.35. The molecule has 2 N–H and O–H groups in total. The molecule has 1 heterocycles. The Morgan fingerprint density at radius 1 is 1.21 bits per heavy atom. The van der Waals surface area contributed by atoms with E-state index in [9.17, 15) is 0 Å². The highest BCUT2D eigenvalue weighted by atomic mass is 127. The first-order chi connectivity index (χ1) is 13.4. The van der Waals surface area contributed by atoms with E-state index in [0.29, 0.717) is 18.5 Å². The number of ether oxygens (including phenoxy) is 2. The number of guanidine groups is 1. The second-order valence-corrected chi connectivity index (χ2v) is 8.14. The third kappa shape index (κ3) is 7.94. The zero-order valence-corrected chi connectivity index (χ0v) is 21.2. The molecule has 1 fully saturated rings. The standard InChI is InChI=1S/C22H38N4O2.HI/c1-7-23-21(25-16-22(2,3)28-6)24-15-18-9-8-14-26(4)20(18)17-10-12-19(27-5)13-11-17;/h10-13,18,20H,7-9,14-16H2,1-6H3,(H2,23,24,25);1H. The molecular formula is C22H39IN4O2. The van der Waals surface area contributed by atoms with Gasteiger partial charge in [0.2, 0.25) is 0 Å². The van der Waals surface area contributed by atoms with E-state index < -0.39 is 0 Å². The summed E-state index contributed by atoms with van der Waals surface area (Å²) in [4.78, 5) is 7.19. The van der Waals surface area contributed by atoms with Gasteiger partial charge in [-0.2, -0.15) is 0 Å². The summed E-state index contributed by atoms with van der Waals surface area (Å²) in [7, 11) is 5.66. The molecule has 0 saturated carbocycles. The molecule has 7 heteroatoms. The number of halogens is 1.